The van der Waals surface area contributed by atoms with Crippen molar-refractivity contribution in [1.82, 2.24) is 9.97 Å². The summed E-state index contributed by atoms with van der Waals surface area (Å²) in [6, 6.07) is 9.44. The Bertz CT molecular complexity index is 623. The van der Waals surface area contributed by atoms with Gasteiger partial charge in [-0.1, -0.05) is 36.4 Å². The number of benzene rings is 1. The lowest BCUT2D eigenvalue weighted by Crippen LogP contribution is -2.15. The van der Waals surface area contributed by atoms with Crippen molar-refractivity contribution in [3.05, 3.63) is 46.2 Å². The minimum absolute atomic E-state index is 0.0431. The highest BCUT2D eigenvalue weighted by Gasteiger charge is 2.07. The Morgan fingerprint density at radius 2 is 2.05 bits per heavy atom. The van der Waals surface area contributed by atoms with Crippen molar-refractivity contribution in [2.24, 2.45) is 0 Å². The normalized spacial score (nSPS) is 12.2. The number of hydrogen-bond acceptors (Lipinski definition) is 4. The van der Waals surface area contributed by atoms with E-state index in [1.807, 2.05) is 45.0 Å². The van der Waals surface area contributed by atoms with Crippen molar-refractivity contribution in [3.63, 3.8) is 0 Å². The summed E-state index contributed by atoms with van der Waals surface area (Å²) in [7, 11) is 0. The number of aromatic nitrogens is 2. The zero-order valence-corrected chi connectivity index (χ0v) is 12.7. The average Bonchev–Trinajstić information content (AvgIpc) is 2.40. The SMILES string of the molecule is CCC(C)Oc1cc(=O)[nH]c(Sc2ccc(C)cc2)n1. The van der Waals surface area contributed by atoms with E-state index < -0.39 is 0 Å². The molecule has 0 saturated carbocycles. The van der Waals surface area contributed by atoms with Crippen LogP contribution in [0.4, 0.5) is 0 Å². The molecule has 4 nitrogen and oxygen atoms in total. The Balaban J connectivity index is 2.19. The molecule has 5 heteroatoms. The van der Waals surface area contributed by atoms with Crippen LogP contribution in [0, 0.1) is 6.92 Å². The summed E-state index contributed by atoms with van der Waals surface area (Å²) in [5.41, 5.74) is 0.998. The number of rotatable bonds is 5. The lowest BCUT2D eigenvalue weighted by atomic mass is 10.2. The molecule has 0 spiro atoms. The molecule has 0 fully saturated rings. The second-order valence-corrected chi connectivity index (χ2v) is 5.70. The Morgan fingerprint density at radius 3 is 2.70 bits per heavy atom. The lowest BCUT2D eigenvalue weighted by Gasteiger charge is -2.11. The van der Waals surface area contributed by atoms with Crippen LogP contribution < -0.4 is 10.3 Å². The zero-order valence-electron chi connectivity index (χ0n) is 11.8. The van der Waals surface area contributed by atoms with Crippen LogP contribution in [0.2, 0.25) is 0 Å². The van der Waals surface area contributed by atoms with Gasteiger partial charge < -0.3 is 9.72 Å². The predicted octanol–water partition coefficient (Wildman–Crippen LogP) is 3.41. The first-order chi connectivity index (χ1) is 9.56. The van der Waals surface area contributed by atoms with Gasteiger partial charge in [0.15, 0.2) is 5.16 Å². The van der Waals surface area contributed by atoms with E-state index in [2.05, 4.69) is 9.97 Å². The maximum absolute atomic E-state index is 11.6. The number of aromatic amines is 1. The fraction of sp³-hybridized carbons (Fsp3) is 0.333. The molecule has 0 aliphatic carbocycles. The summed E-state index contributed by atoms with van der Waals surface area (Å²) in [5.74, 6) is 0.373. The van der Waals surface area contributed by atoms with Gasteiger partial charge in [0.25, 0.3) is 5.56 Å². The Morgan fingerprint density at radius 1 is 1.35 bits per heavy atom. The molecule has 20 heavy (non-hydrogen) atoms. The quantitative estimate of drug-likeness (QED) is 0.857. The van der Waals surface area contributed by atoms with E-state index in [1.165, 1.54) is 23.4 Å². The highest BCUT2D eigenvalue weighted by molar-refractivity contribution is 7.99. The standard InChI is InChI=1S/C15H18N2O2S/c1-4-11(3)19-14-9-13(18)16-15(17-14)20-12-7-5-10(2)6-8-12/h5-9,11H,4H2,1-3H3,(H,16,17,18). The van der Waals surface area contributed by atoms with Gasteiger partial charge in [0.1, 0.15) is 0 Å². The van der Waals surface area contributed by atoms with Gasteiger partial charge >= 0.3 is 0 Å². The topological polar surface area (TPSA) is 55.0 Å². The molecule has 1 unspecified atom stereocenters. The molecule has 0 aliphatic heterocycles. The van der Waals surface area contributed by atoms with Crippen molar-refractivity contribution in [3.8, 4) is 5.88 Å². The van der Waals surface area contributed by atoms with E-state index in [0.29, 0.717) is 11.0 Å². The van der Waals surface area contributed by atoms with Crippen LogP contribution in [-0.4, -0.2) is 16.1 Å². The van der Waals surface area contributed by atoms with Gasteiger partial charge in [-0.05, 0) is 32.4 Å². The molecule has 1 aromatic carbocycles. The van der Waals surface area contributed by atoms with E-state index >= 15 is 0 Å². The van der Waals surface area contributed by atoms with Crippen LogP contribution in [-0.2, 0) is 0 Å². The van der Waals surface area contributed by atoms with Crippen molar-refractivity contribution < 1.29 is 4.74 Å². The summed E-state index contributed by atoms with van der Waals surface area (Å²) < 4.78 is 5.60. The van der Waals surface area contributed by atoms with Gasteiger partial charge in [-0.3, -0.25) is 4.79 Å². The monoisotopic (exact) mass is 290 g/mol. The van der Waals surface area contributed by atoms with Crippen molar-refractivity contribution in [1.29, 1.82) is 0 Å². The minimum Gasteiger partial charge on any atom is -0.474 e. The van der Waals surface area contributed by atoms with E-state index in [0.717, 1.165) is 11.3 Å². The number of hydrogen-bond donors (Lipinski definition) is 1. The molecule has 0 aliphatic rings. The largest absolute Gasteiger partial charge is 0.474 e. The summed E-state index contributed by atoms with van der Waals surface area (Å²) in [6.07, 6.45) is 0.913. The first-order valence-electron chi connectivity index (χ1n) is 6.59. The van der Waals surface area contributed by atoms with Crippen LogP contribution in [0.3, 0.4) is 0 Å². The lowest BCUT2D eigenvalue weighted by molar-refractivity contribution is 0.206. The number of nitrogens with zero attached hydrogens (tertiary/aromatic N) is 1. The maximum atomic E-state index is 11.6. The Labute approximate surface area is 122 Å². The van der Waals surface area contributed by atoms with E-state index in [4.69, 9.17) is 4.74 Å². The number of H-pyrrole nitrogens is 1. The van der Waals surface area contributed by atoms with Crippen LogP contribution in [0.1, 0.15) is 25.8 Å². The van der Waals surface area contributed by atoms with E-state index in [-0.39, 0.29) is 11.7 Å². The van der Waals surface area contributed by atoms with Crippen LogP contribution in [0.25, 0.3) is 0 Å². The maximum Gasteiger partial charge on any atom is 0.255 e. The van der Waals surface area contributed by atoms with Gasteiger partial charge in [0.2, 0.25) is 5.88 Å². The van der Waals surface area contributed by atoms with E-state index in [9.17, 15) is 4.79 Å². The number of nitrogens with one attached hydrogen (secondary N) is 1. The fourth-order valence-corrected chi connectivity index (χ4v) is 2.31. The molecule has 2 rings (SSSR count). The Hall–Kier alpha value is -1.75. The summed E-state index contributed by atoms with van der Waals surface area (Å²) in [4.78, 5) is 19.7. The molecule has 1 atom stereocenters. The van der Waals surface area contributed by atoms with Crippen molar-refractivity contribution >= 4 is 11.8 Å². The molecule has 0 radical (unpaired) electrons. The molecule has 1 heterocycles. The third kappa shape index (κ3) is 4.13. The molecule has 106 valence electrons. The van der Waals surface area contributed by atoms with Crippen molar-refractivity contribution in [2.45, 2.75) is 43.3 Å². The Kier molecular flexibility index (Phi) is 4.84. The highest BCUT2D eigenvalue weighted by atomic mass is 32.2. The number of ether oxygens (including phenoxy) is 1. The van der Waals surface area contributed by atoms with Crippen LogP contribution in [0.5, 0.6) is 5.88 Å². The van der Waals surface area contributed by atoms with Gasteiger partial charge in [-0.25, -0.2) is 0 Å². The predicted molar refractivity (Wildman–Crippen MR) is 80.5 cm³/mol. The molecule has 0 saturated heterocycles. The summed E-state index contributed by atoms with van der Waals surface area (Å²) in [6.45, 7) is 6.02. The van der Waals surface area contributed by atoms with Crippen molar-refractivity contribution in [2.75, 3.05) is 0 Å². The fourth-order valence-electron chi connectivity index (χ4n) is 1.53. The van der Waals surface area contributed by atoms with Gasteiger partial charge in [-0.15, -0.1) is 0 Å². The zero-order chi connectivity index (χ0) is 14.5. The first-order valence-corrected chi connectivity index (χ1v) is 7.41. The van der Waals surface area contributed by atoms with Crippen LogP contribution in [0.15, 0.2) is 45.2 Å². The van der Waals surface area contributed by atoms with E-state index in [1.54, 1.807) is 0 Å². The average molecular weight is 290 g/mol. The molecular weight excluding hydrogens is 272 g/mol. The molecule has 1 aromatic heterocycles. The second-order valence-electron chi connectivity index (χ2n) is 4.64. The molecule has 2 aromatic rings. The number of aryl methyl sites for hydroxylation is 1. The van der Waals surface area contributed by atoms with Gasteiger partial charge in [0, 0.05) is 4.90 Å². The van der Waals surface area contributed by atoms with Gasteiger partial charge in [-0.2, -0.15) is 4.98 Å². The first kappa shape index (κ1) is 14.7. The molecule has 0 amide bonds. The third-order valence-corrected chi connectivity index (χ3v) is 3.72. The van der Waals surface area contributed by atoms with Gasteiger partial charge in [0.05, 0.1) is 12.2 Å². The molecule has 0 bridgehead atoms. The molecule has 1 N–H and O–H groups in total. The second kappa shape index (κ2) is 6.61. The summed E-state index contributed by atoms with van der Waals surface area (Å²) in [5, 5.41) is 0.541. The smallest absolute Gasteiger partial charge is 0.255 e. The highest BCUT2D eigenvalue weighted by Crippen LogP contribution is 2.25. The summed E-state index contributed by atoms with van der Waals surface area (Å²) >= 11 is 1.41. The molecular formula is C15H18N2O2S. The third-order valence-electron chi connectivity index (χ3n) is 2.83. The van der Waals surface area contributed by atoms with Crippen LogP contribution >= 0.6 is 11.8 Å². The minimum atomic E-state index is -0.201.